The molecule has 0 aromatic heterocycles. The minimum Gasteiger partial charge on any atom is -0.482 e. The lowest BCUT2D eigenvalue weighted by Crippen LogP contribution is -2.34. The van der Waals surface area contributed by atoms with Gasteiger partial charge in [0.05, 0.1) is 0 Å². The van der Waals surface area contributed by atoms with E-state index in [4.69, 9.17) is 9.47 Å². The van der Waals surface area contributed by atoms with Crippen molar-refractivity contribution >= 4 is 11.9 Å². The van der Waals surface area contributed by atoms with Crippen molar-refractivity contribution in [2.75, 3.05) is 13.2 Å². The third kappa shape index (κ3) is 5.76. The number of nitrogens with one attached hydrogen (secondary N) is 1. The molecule has 1 N–H and O–H groups in total. The van der Waals surface area contributed by atoms with Crippen LogP contribution in [0.1, 0.15) is 13.8 Å². The summed E-state index contributed by atoms with van der Waals surface area (Å²) >= 11 is 0. The Kier molecular flexibility index (Phi) is 6.37. The maximum absolute atomic E-state index is 11.6. The van der Waals surface area contributed by atoms with Crippen molar-refractivity contribution in [2.24, 2.45) is 0 Å². The number of esters is 1. The average Bonchev–Trinajstić information content (AvgIpc) is 2.59. The average molecular weight is 327 g/mol. The molecule has 2 aromatic rings. The first kappa shape index (κ1) is 17.5. The normalized spacial score (nSPS) is 10.3. The highest BCUT2D eigenvalue weighted by Crippen LogP contribution is 2.21. The van der Waals surface area contributed by atoms with Crippen LogP contribution in [0.3, 0.4) is 0 Å². The monoisotopic (exact) mass is 327 g/mol. The largest absolute Gasteiger partial charge is 0.482 e. The third-order valence-electron chi connectivity index (χ3n) is 3.13. The quantitative estimate of drug-likeness (QED) is 0.794. The van der Waals surface area contributed by atoms with Crippen molar-refractivity contribution in [2.45, 2.75) is 19.9 Å². The lowest BCUT2D eigenvalue weighted by atomic mass is 10.1. The van der Waals surface area contributed by atoms with Gasteiger partial charge in [-0.1, -0.05) is 42.5 Å². The first-order chi connectivity index (χ1) is 11.5. The van der Waals surface area contributed by atoms with Crippen LogP contribution in [0.15, 0.2) is 54.6 Å². The highest BCUT2D eigenvalue weighted by molar-refractivity contribution is 5.81. The molecule has 0 aliphatic heterocycles. The van der Waals surface area contributed by atoms with Gasteiger partial charge in [-0.15, -0.1) is 0 Å². The molecule has 0 atom stereocenters. The van der Waals surface area contributed by atoms with Crippen LogP contribution in [0.4, 0.5) is 0 Å². The van der Waals surface area contributed by atoms with Gasteiger partial charge in [-0.3, -0.25) is 4.79 Å². The van der Waals surface area contributed by atoms with E-state index in [1.165, 1.54) is 0 Å². The Morgan fingerprint density at radius 2 is 1.54 bits per heavy atom. The van der Waals surface area contributed by atoms with E-state index < -0.39 is 5.97 Å². The summed E-state index contributed by atoms with van der Waals surface area (Å²) in [4.78, 5) is 22.9. The molecule has 0 heterocycles. The second-order valence-electron chi connectivity index (χ2n) is 5.56. The van der Waals surface area contributed by atoms with Crippen LogP contribution in [-0.4, -0.2) is 31.1 Å². The molecule has 2 rings (SSSR count). The summed E-state index contributed by atoms with van der Waals surface area (Å²) in [7, 11) is 0. The highest BCUT2D eigenvalue weighted by Gasteiger charge is 2.09. The zero-order chi connectivity index (χ0) is 17.4. The van der Waals surface area contributed by atoms with Crippen molar-refractivity contribution in [3.8, 4) is 16.9 Å². The summed E-state index contributed by atoms with van der Waals surface area (Å²) in [5, 5.41) is 2.64. The molecule has 0 saturated heterocycles. The van der Waals surface area contributed by atoms with Crippen LogP contribution in [0.2, 0.25) is 0 Å². The molecule has 0 saturated carbocycles. The van der Waals surface area contributed by atoms with Crippen LogP contribution in [0.25, 0.3) is 11.1 Å². The second kappa shape index (κ2) is 8.72. The SMILES string of the molecule is CC(C)NC(=O)COC(=O)COc1ccc(-c2ccccc2)cc1. The number of benzene rings is 2. The van der Waals surface area contributed by atoms with Crippen molar-refractivity contribution < 1.29 is 19.1 Å². The first-order valence-electron chi connectivity index (χ1n) is 7.78. The predicted octanol–water partition coefficient (Wildman–Crippen LogP) is 2.80. The van der Waals surface area contributed by atoms with Gasteiger partial charge < -0.3 is 14.8 Å². The summed E-state index contributed by atoms with van der Waals surface area (Å²) in [5.41, 5.74) is 2.18. The fourth-order valence-electron chi connectivity index (χ4n) is 2.07. The molecular weight excluding hydrogens is 306 g/mol. The number of hydrogen-bond acceptors (Lipinski definition) is 4. The summed E-state index contributed by atoms with van der Waals surface area (Å²) in [6.45, 7) is 3.14. The van der Waals surface area contributed by atoms with Gasteiger partial charge in [-0.05, 0) is 37.1 Å². The van der Waals surface area contributed by atoms with E-state index in [2.05, 4.69) is 5.32 Å². The lowest BCUT2D eigenvalue weighted by Gasteiger charge is -2.10. The number of rotatable bonds is 7. The van der Waals surface area contributed by atoms with Crippen molar-refractivity contribution in [1.82, 2.24) is 5.32 Å². The molecule has 24 heavy (non-hydrogen) atoms. The molecule has 0 bridgehead atoms. The number of amides is 1. The molecule has 0 radical (unpaired) electrons. The van der Waals surface area contributed by atoms with E-state index >= 15 is 0 Å². The molecule has 2 aromatic carbocycles. The molecule has 0 aliphatic rings. The van der Waals surface area contributed by atoms with Gasteiger partial charge in [0.15, 0.2) is 13.2 Å². The summed E-state index contributed by atoms with van der Waals surface area (Å²) < 4.78 is 10.2. The van der Waals surface area contributed by atoms with Gasteiger partial charge in [-0.2, -0.15) is 0 Å². The van der Waals surface area contributed by atoms with E-state index in [-0.39, 0.29) is 25.2 Å². The smallest absolute Gasteiger partial charge is 0.344 e. The Hall–Kier alpha value is -2.82. The van der Waals surface area contributed by atoms with Gasteiger partial charge in [0.1, 0.15) is 5.75 Å². The summed E-state index contributed by atoms with van der Waals surface area (Å²) in [6, 6.07) is 17.4. The molecule has 5 heteroatoms. The van der Waals surface area contributed by atoms with Crippen LogP contribution >= 0.6 is 0 Å². The fraction of sp³-hybridized carbons (Fsp3) is 0.263. The number of hydrogen-bond donors (Lipinski definition) is 1. The molecule has 0 aliphatic carbocycles. The Balaban J connectivity index is 1.78. The van der Waals surface area contributed by atoms with E-state index in [9.17, 15) is 9.59 Å². The zero-order valence-corrected chi connectivity index (χ0v) is 13.8. The Bertz CT molecular complexity index is 666. The highest BCUT2D eigenvalue weighted by atomic mass is 16.6. The minimum absolute atomic E-state index is 0.00980. The van der Waals surface area contributed by atoms with Crippen molar-refractivity contribution in [3.63, 3.8) is 0 Å². The van der Waals surface area contributed by atoms with Gasteiger partial charge in [0, 0.05) is 6.04 Å². The molecule has 126 valence electrons. The predicted molar refractivity (Wildman–Crippen MR) is 91.6 cm³/mol. The molecular formula is C19H21NO4. The maximum Gasteiger partial charge on any atom is 0.344 e. The third-order valence-corrected chi connectivity index (χ3v) is 3.13. The summed E-state index contributed by atoms with van der Waals surface area (Å²) in [6.07, 6.45) is 0. The Morgan fingerprint density at radius 1 is 0.917 bits per heavy atom. The first-order valence-corrected chi connectivity index (χ1v) is 7.78. The topological polar surface area (TPSA) is 64.6 Å². The van der Waals surface area contributed by atoms with E-state index in [0.717, 1.165) is 11.1 Å². The lowest BCUT2D eigenvalue weighted by molar-refractivity contribution is -0.150. The van der Waals surface area contributed by atoms with Crippen LogP contribution in [0, 0.1) is 0 Å². The Labute approximate surface area is 141 Å². The number of carbonyl (C=O) groups is 2. The van der Waals surface area contributed by atoms with Gasteiger partial charge >= 0.3 is 5.97 Å². The van der Waals surface area contributed by atoms with Gasteiger partial charge in [-0.25, -0.2) is 4.79 Å². The van der Waals surface area contributed by atoms with Crippen LogP contribution < -0.4 is 10.1 Å². The molecule has 0 fully saturated rings. The van der Waals surface area contributed by atoms with Gasteiger partial charge in [0.25, 0.3) is 5.91 Å². The standard InChI is InChI=1S/C19H21NO4/c1-14(2)20-18(21)12-24-19(22)13-23-17-10-8-16(9-11-17)15-6-4-3-5-7-15/h3-11,14H,12-13H2,1-2H3,(H,20,21). The second-order valence-corrected chi connectivity index (χ2v) is 5.56. The molecule has 5 nitrogen and oxygen atoms in total. The van der Waals surface area contributed by atoms with E-state index in [1.54, 1.807) is 12.1 Å². The van der Waals surface area contributed by atoms with Crippen molar-refractivity contribution in [3.05, 3.63) is 54.6 Å². The minimum atomic E-state index is -0.582. The Morgan fingerprint density at radius 3 is 2.17 bits per heavy atom. The number of carbonyl (C=O) groups excluding carboxylic acids is 2. The fourth-order valence-corrected chi connectivity index (χ4v) is 2.07. The molecule has 0 unspecified atom stereocenters. The van der Waals surface area contributed by atoms with Gasteiger partial charge in [0.2, 0.25) is 0 Å². The van der Waals surface area contributed by atoms with E-state index in [0.29, 0.717) is 5.75 Å². The molecule has 0 spiro atoms. The van der Waals surface area contributed by atoms with Crippen molar-refractivity contribution in [1.29, 1.82) is 0 Å². The molecule has 1 amide bonds. The van der Waals surface area contributed by atoms with E-state index in [1.807, 2.05) is 56.3 Å². The summed E-state index contributed by atoms with van der Waals surface area (Å²) in [5.74, 6) is -0.343. The number of ether oxygens (including phenoxy) is 2. The maximum atomic E-state index is 11.6. The zero-order valence-electron chi connectivity index (χ0n) is 13.8. The van der Waals surface area contributed by atoms with Crippen LogP contribution in [-0.2, 0) is 14.3 Å². The van der Waals surface area contributed by atoms with Crippen LogP contribution in [0.5, 0.6) is 5.75 Å².